The fourth-order valence-electron chi connectivity index (χ4n) is 3.95. The van der Waals surface area contributed by atoms with Gasteiger partial charge < -0.3 is 5.32 Å². The van der Waals surface area contributed by atoms with Gasteiger partial charge in [0.05, 0.1) is 0 Å². The topological polar surface area (TPSA) is 15.3 Å². The Bertz CT molecular complexity index is 486. The number of hydrogen-bond acceptors (Lipinski definition) is 2. The summed E-state index contributed by atoms with van der Waals surface area (Å²) >= 11 is 0. The Morgan fingerprint density at radius 2 is 2.05 bits per heavy atom. The van der Waals surface area contributed by atoms with Crippen molar-refractivity contribution in [3.63, 3.8) is 0 Å². The van der Waals surface area contributed by atoms with E-state index in [-0.39, 0.29) is 6.04 Å². The number of nitrogens with one attached hydrogen (secondary N) is 1. The third-order valence-electron chi connectivity index (χ3n) is 5.07. The van der Waals surface area contributed by atoms with Crippen LogP contribution in [0.2, 0.25) is 0 Å². The number of likely N-dealkylation sites (tertiary alicyclic amines) is 1. The molecule has 1 aromatic rings. The monoisotopic (exact) mass is 294 g/mol. The molecule has 2 aliphatic rings. The standard InChI is InChI=1S/C17H24F2N2/c1-12(14-8-7-13(18)11-15(14)19)21-10-3-2-6-17(21)16-5-4-9-20-16/h7-8,11-12,16-17,20H,2-6,9-10H2,1H3. The molecule has 1 N–H and O–H groups in total. The zero-order valence-corrected chi connectivity index (χ0v) is 12.6. The lowest BCUT2D eigenvalue weighted by Crippen LogP contribution is -2.51. The van der Waals surface area contributed by atoms with E-state index in [0.29, 0.717) is 17.6 Å². The number of nitrogens with zero attached hydrogens (tertiary/aromatic N) is 1. The van der Waals surface area contributed by atoms with E-state index in [4.69, 9.17) is 0 Å². The van der Waals surface area contributed by atoms with Crippen LogP contribution >= 0.6 is 0 Å². The van der Waals surface area contributed by atoms with Gasteiger partial charge in [-0.3, -0.25) is 4.90 Å². The van der Waals surface area contributed by atoms with Gasteiger partial charge in [-0.2, -0.15) is 0 Å². The summed E-state index contributed by atoms with van der Waals surface area (Å²) in [5.41, 5.74) is 0.612. The maximum absolute atomic E-state index is 14.1. The van der Waals surface area contributed by atoms with Gasteiger partial charge in [0, 0.05) is 29.8 Å². The van der Waals surface area contributed by atoms with Crippen LogP contribution in [0.15, 0.2) is 18.2 Å². The molecule has 0 saturated carbocycles. The van der Waals surface area contributed by atoms with E-state index in [0.717, 1.165) is 25.6 Å². The highest BCUT2D eigenvalue weighted by molar-refractivity contribution is 5.22. The van der Waals surface area contributed by atoms with E-state index in [1.54, 1.807) is 6.07 Å². The largest absolute Gasteiger partial charge is 0.312 e. The summed E-state index contributed by atoms with van der Waals surface area (Å²) in [5, 5.41) is 3.59. The van der Waals surface area contributed by atoms with Crippen molar-refractivity contribution in [3.8, 4) is 0 Å². The van der Waals surface area contributed by atoms with Gasteiger partial charge in [0.2, 0.25) is 0 Å². The van der Waals surface area contributed by atoms with E-state index < -0.39 is 11.6 Å². The molecule has 2 saturated heterocycles. The van der Waals surface area contributed by atoms with E-state index in [1.807, 2.05) is 6.92 Å². The van der Waals surface area contributed by atoms with Gasteiger partial charge in [-0.1, -0.05) is 12.5 Å². The minimum atomic E-state index is -0.504. The first-order chi connectivity index (χ1) is 10.2. The molecule has 1 aromatic carbocycles. The summed E-state index contributed by atoms with van der Waals surface area (Å²) in [6, 6.07) is 4.96. The predicted octanol–water partition coefficient (Wildman–Crippen LogP) is 3.63. The molecule has 0 bridgehead atoms. The molecule has 3 rings (SSSR count). The molecule has 2 fully saturated rings. The quantitative estimate of drug-likeness (QED) is 0.915. The van der Waals surface area contributed by atoms with Gasteiger partial charge in [-0.05, 0) is 51.8 Å². The first-order valence-corrected chi connectivity index (χ1v) is 8.11. The molecule has 0 aliphatic carbocycles. The number of halogens is 2. The van der Waals surface area contributed by atoms with Gasteiger partial charge in [0.15, 0.2) is 0 Å². The molecule has 3 atom stereocenters. The highest BCUT2D eigenvalue weighted by Crippen LogP contribution is 2.33. The summed E-state index contributed by atoms with van der Waals surface area (Å²) in [6.07, 6.45) is 6.02. The molecule has 4 heteroatoms. The molecule has 0 spiro atoms. The van der Waals surface area contributed by atoms with Crippen LogP contribution in [0.3, 0.4) is 0 Å². The normalized spacial score (nSPS) is 28.7. The SMILES string of the molecule is CC(c1ccc(F)cc1F)N1CCCCC1C1CCCN1. The van der Waals surface area contributed by atoms with Crippen molar-refractivity contribution < 1.29 is 8.78 Å². The minimum absolute atomic E-state index is 0.00157. The number of piperidine rings is 1. The molecule has 2 nitrogen and oxygen atoms in total. The van der Waals surface area contributed by atoms with E-state index in [9.17, 15) is 8.78 Å². The van der Waals surface area contributed by atoms with E-state index in [1.165, 1.54) is 31.7 Å². The molecule has 116 valence electrons. The second kappa shape index (κ2) is 6.41. The maximum Gasteiger partial charge on any atom is 0.130 e. The number of rotatable bonds is 3. The second-order valence-electron chi connectivity index (χ2n) is 6.35. The van der Waals surface area contributed by atoms with E-state index >= 15 is 0 Å². The van der Waals surface area contributed by atoms with Crippen molar-refractivity contribution >= 4 is 0 Å². The molecule has 2 heterocycles. The van der Waals surface area contributed by atoms with Crippen LogP contribution in [0.4, 0.5) is 8.78 Å². The molecule has 0 radical (unpaired) electrons. The van der Waals surface area contributed by atoms with Gasteiger partial charge in [0.1, 0.15) is 11.6 Å². The van der Waals surface area contributed by atoms with Crippen LogP contribution in [0.1, 0.15) is 50.6 Å². The lowest BCUT2D eigenvalue weighted by molar-refractivity contribution is 0.0786. The van der Waals surface area contributed by atoms with Crippen molar-refractivity contribution in [1.29, 1.82) is 0 Å². The lowest BCUT2D eigenvalue weighted by Gasteiger charge is -2.43. The third kappa shape index (κ3) is 3.11. The summed E-state index contributed by atoms with van der Waals surface area (Å²) in [6.45, 7) is 4.14. The van der Waals surface area contributed by atoms with Crippen LogP contribution in [0.25, 0.3) is 0 Å². The lowest BCUT2D eigenvalue weighted by atomic mass is 9.91. The molecule has 0 amide bonds. The summed E-state index contributed by atoms with van der Waals surface area (Å²) < 4.78 is 27.2. The van der Waals surface area contributed by atoms with Gasteiger partial charge in [-0.15, -0.1) is 0 Å². The first kappa shape index (κ1) is 14.9. The Morgan fingerprint density at radius 3 is 2.76 bits per heavy atom. The van der Waals surface area contributed by atoms with Crippen LogP contribution in [-0.2, 0) is 0 Å². The van der Waals surface area contributed by atoms with Crippen molar-refractivity contribution in [3.05, 3.63) is 35.4 Å². The van der Waals surface area contributed by atoms with E-state index in [2.05, 4.69) is 10.2 Å². The Kier molecular flexibility index (Phi) is 4.55. The van der Waals surface area contributed by atoms with Crippen LogP contribution < -0.4 is 5.32 Å². The molecule has 0 aromatic heterocycles. The highest BCUT2D eigenvalue weighted by Gasteiger charge is 2.34. The fourth-order valence-corrected chi connectivity index (χ4v) is 3.95. The van der Waals surface area contributed by atoms with Gasteiger partial charge in [0.25, 0.3) is 0 Å². The average molecular weight is 294 g/mol. The summed E-state index contributed by atoms with van der Waals surface area (Å²) in [4.78, 5) is 2.42. The van der Waals surface area contributed by atoms with Crippen LogP contribution in [0.5, 0.6) is 0 Å². The zero-order chi connectivity index (χ0) is 14.8. The van der Waals surface area contributed by atoms with Gasteiger partial charge in [-0.25, -0.2) is 8.78 Å². The summed E-state index contributed by atoms with van der Waals surface area (Å²) in [7, 11) is 0. The Labute approximate surface area is 125 Å². The Hall–Kier alpha value is -1.00. The molecular formula is C17H24F2N2. The highest BCUT2D eigenvalue weighted by atomic mass is 19.1. The Morgan fingerprint density at radius 1 is 1.19 bits per heavy atom. The fraction of sp³-hybridized carbons (Fsp3) is 0.647. The number of benzene rings is 1. The molecule has 2 aliphatic heterocycles. The minimum Gasteiger partial charge on any atom is -0.312 e. The molecule has 3 unspecified atom stereocenters. The number of hydrogen-bond donors (Lipinski definition) is 1. The molecule has 21 heavy (non-hydrogen) atoms. The van der Waals surface area contributed by atoms with Gasteiger partial charge >= 0.3 is 0 Å². The predicted molar refractivity (Wildman–Crippen MR) is 80.1 cm³/mol. The van der Waals surface area contributed by atoms with Crippen molar-refractivity contribution in [2.45, 2.75) is 57.2 Å². The second-order valence-corrected chi connectivity index (χ2v) is 6.35. The average Bonchev–Trinajstić information content (AvgIpc) is 3.01. The molecular weight excluding hydrogens is 270 g/mol. The smallest absolute Gasteiger partial charge is 0.130 e. The summed E-state index contributed by atoms with van der Waals surface area (Å²) in [5.74, 6) is -0.928. The van der Waals surface area contributed by atoms with Crippen molar-refractivity contribution in [1.82, 2.24) is 10.2 Å². The first-order valence-electron chi connectivity index (χ1n) is 8.11. The third-order valence-corrected chi connectivity index (χ3v) is 5.07. The zero-order valence-electron chi connectivity index (χ0n) is 12.6. The van der Waals surface area contributed by atoms with Crippen LogP contribution in [0, 0.1) is 11.6 Å². The maximum atomic E-state index is 14.1. The Balaban J connectivity index is 1.81. The van der Waals surface area contributed by atoms with Crippen molar-refractivity contribution in [2.75, 3.05) is 13.1 Å². The van der Waals surface area contributed by atoms with Crippen molar-refractivity contribution in [2.24, 2.45) is 0 Å². The van der Waals surface area contributed by atoms with Crippen LogP contribution in [-0.4, -0.2) is 30.1 Å².